The van der Waals surface area contributed by atoms with Crippen molar-refractivity contribution in [1.82, 2.24) is 5.32 Å². The highest BCUT2D eigenvalue weighted by molar-refractivity contribution is 6.39. The number of halogens is 2. The molecule has 2 amide bonds. The van der Waals surface area contributed by atoms with Crippen LogP contribution >= 0.6 is 0 Å². The minimum Gasteiger partial charge on any atom is -0.341 e. The Labute approximate surface area is 126 Å². The van der Waals surface area contributed by atoms with Gasteiger partial charge < -0.3 is 10.6 Å². The molecule has 0 unspecified atom stereocenters. The Morgan fingerprint density at radius 1 is 0.955 bits per heavy atom. The second-order valence-corrected chi connectivity index (χ2v) is 4.68. The average Bonchev–Trinajstić information content (AvgIpc) is 2.50. The van der Waals surface area contributed by atoms with Crippen molar-refractivity contribution in [2.75, 3.05) is 5.32 Å². The second kappa shape index (κ2) is 6.80. The zero-order valence-electron chi connectivity index (χ0n) is 11.8. The largest absolute Gasteiger partial charge is 0.341 e. The zero-order valence-corrected chi connectivity index (χ0v) is 11.8. The summed E-state index contributed by atoms with van der Waals surface area (Å²) in [6.45, 7) is 1.65. The number of rotatable bonds is 3. The maximum absolute atomic E-state index is 13.4. The van der Waals surface area contributed by atoms with Crippen LogP contribution in [0.25, 0.3) is 0 Å². The van der Waals surface area contributed by atoms with Crippen LogP contribution in [0, 0.1) is 11.6 Å². The number of carbonyl (C=O) groups excluding carboxylic acids is 2. The summed E-state index contributed by atoms with van der Waals surface area (Å²) in [7, 11) is 0. The fourth-order valence-corrected chi connectivity index (χ4v) is 1.84. The van der Waals surface area contributed by atoms with Crippen molar-refractivity contribution in [2.24, 2.45) is 0 Å². The molecule has 22 heavy (non-hydrogen) atoms. The highest BCUT2D eigenvalue weighted by Crippen LogP contribution is 2.14. The van der Waals surface area contributed by atoms with Crippen molar-refractivity contribution in [1.29, 1.82) is 0 Å². The molecule has 0 aliphatic rings. The summed E-state index contributed by atoms with van der Waals surface area (Å²) in [6, 6.07) is 10.6. The number of hydrogen-bond acceptors (Lipinski definition) is 2. The van der Waals surface area contributed by atoms with Crippen LogP contribution in [-0.4, -0.2) is 11.8 Å². The van der Waals surface area contributed by atoms with Gasteiger partial charge in [-0.15, -0.1) is 0 Å². The summed E-state index contributed by atoms with van der Waals surface area (Å²) in [5.74, 6) is -2.89. The third-order valence-corrected chi connectivity index (χ3v) is 3.05. The van der Waals surface area contributed by atoms with E-state index in [4.69, 9.17) is 0 Å². The lowest BCUT2D eigenvalue weighted by Gasteiger charge is -2.14. The smallest absolute Gasteiger partial charge is 0.313 e. The molecule has 1 atom stereocenters. The van der Waals surface area contributed by atoms with Crippen LogP contribution in [0.4, 0.5) is 14.5 Å². The van der Waals surface area contributed by atoms with Gasteiger partial charge in [0.1, 0.15) is 11.6 Å². The average molecular weight is 304 g/mol. The molecule has 0 spiro atoms. The molecule has 0 saturated heterocycles. The van der Waals surface area contributed by atoms with E-state index in [0.717, 1.165) is 0 Å². The highest BCUT2D eigenvalue weighted by Gasteiger charge is 2.18. The van der Waals surface area contributed by atoms with Gasteiger partial charge in [-0.05, 0) is 36.8 Å². The van der Waals surface area contributed by atoms with E-state index in [0.29, 0.717) is 5.56 Å². The summed E-state index contributed by atoms with van der Waals surface area (Å²) in [5, 5.41) is 4.65. The van der Waals surface area contributed by atoms with Gasteiger partial charge in [0.15, 0.2) is 0 Å². The predicted octanol–water partition coefficient (Wildman–Crippen LogP) is 2.78. The number of nitrogens with one attached hydrogen (secondary N) is 2. The van der Waals surface area contributed by atoms with Crippen molar-refractivity contribution >= 4 is 17.5 Å². The third-order valence-electron chi connectivity index (χ3n) is 3.05. The normalized spacial score (nSPS) is 11.6. The summed E-state index contributed by atoms with van der Waals surface area (Å²) >= 11 is 0. The molecule has 0 fully saturated rings. The van der Waals surface area contributed by atoms with Crippen molar-refractivity contribution in [2.45, 2.75) is 13.0 Å². The molecular formula is C16H14F2N2O2. The summed E-state index contributed by atoms with van der Waals surface area (Å²) in [4.78, 5) is 23.5. The van der Waals surface area contributed by atoms with Gasteiger partial charge in [-0.3, -0.25) is 9.59 Å². The van der Waals surface area contributed by atoms with Gasteiger partial charge in [-0.25, -0.2) is 8.78 Å². The third kappa shape index (κ3) is 3.88. The minimum atomic E-state index is -0.973. The first-order valence-corrected chi connectivity index (χ1v) is 6.59. The van der Waals surface area contributed by atoms with Gasteiger partial charge in [0.25, 0.3) is 0 Å². The first-order valence-electron chi connectivity index (χ1n) is 6.59. The van der Waals surface area contributed by atoms with Gasteiger partial charge >= 0.3 is 11.8 Å². The Balaban J connectivity index is 1.98. The maximum atomic E-state index is 13.4. The van der Waals surface area contributed by atoms with Crippen molar-refractivity contribution in [3.8, 4) is 0 Å². The molecule has 0 aliphatic heterocycles. The van der Waals surface area contributed by atoms with Crippen LogP contribution in [0.3, 0.4) is 0 Å². The van der Waals surface area contributed by atoms with E-state index in [-0.39, 0.29) is 11.5 Å². The Morgan fingerprint density at radius 3 is 2.23 bits per heavy atom. The highest BCUT2D eigenvalue weighted by atomic mass is 19.1. The van der Waals surface area contributed by atoms with Crippen LogP contribution in [0.1, 0.15) is 18.5 Å². The van der Waals surface area contributed by atoms with E-state index in [1.165, 1.54) is 48.5 Å². The summed E-state index contributed by atoms with van der Waals surface area (Å²) < 4.78 is 26.2. The van der Waals surface area contributed by atoms with E-state index in [2.05, 4.69) is 10.6 Å². The first-order chi connectivity index (χ1) is 10.5. The minimum absolute atomic E-state index is 0.0721. The number of para-hydroxylation sites is 1. The maximum Gasteiger partial charge on any atom is 0.313 e. The lowest BCUT2D eigenvalue weighted by Crippen LogP contribution is -2.37. The molecule has 4 nitrogen and oxygen atoms in total. The molecular weight excluding hydrogens is 290 g/mol. The van der Waals surface area contributed by atoms with Crippen LogP contribution in [-0.2, 0) is 9.59 Å². The molecule has 0 radical (unpaired) electrons. The molecule has 2 N–H and O–H groups in total. The monoisotopic (exact) mass is 304 g/mol. The Kier molecular flexibility index (Phi) is 4.83. The van der Waals surface area contributed by atoms with Crippen LogP contribution in [0.15, 0.2) is 48.5 Å². The van der Waals surface area contributed by atoms with Gasteiger partial charge in [-0.1, -0.05) is 24.3 Å². The molecule has 2 aromatic carbocycles. The number of hydrogen-bond donors (Lipinski definition) is 2. The van der Waals surface area contributed by atoms with Crippen molar-refractivity contribution in [3.63, 3.8) is 0 Å². The van der Waals surface area contributed by atoms with Crippen LogP contribution in [0.2, 0.25) is 0 Å². The van der Waals surface area contributed by atoms with Crippen molar-refractivity contribution < 1.29 is 18.4 Å². The topological polar surface area (TPSA) is 58.2 Å². The van der Waals surface area contributed by atoms with E-state index >= 15 is 0 Å². The molecule has 6 heteroatoms. The zero-order chi connectivity index (χ0) is 16.1. The number of carbonyl (C=O) groups is 2. The predicted molar refractivity (Wildman–Crippen MR) is 78.0 cm³/mol. The fourth-order valence-electron chi connectivity index (χ4n) is 1.84. The second-order valence-electron chi connectivity index (χ2n) is 4.68. The van der Waals surface area contributed by atoms with E-state index in [1.807, 2.05) is 0 Å². The van der Waals surface area contributed by atoms with Crippen molar-refractivity contribution in [3.05, 3.63) is 65.7 Å². The lowest BCUT2D eigenvalue weighted by atomic mass is 10.1. The molecule has 0 saturated carbocycles. The lowest BCUT2D eigenvalue weighted by molar-refractivity contribution is -0.136. The molecule has 114 valence electrons. The standard InChI is InChI=1S/C16H14F2N2O2/c1-10(11-6-8-12(17)9-7-11)19-15(21)16(22)20-14-5-3-2-4-13(14)18/h2-10H,1H3,(H,19,21)(H,20,22)/t10-/m1/s1. The van der Waals surface area contributed by atoms with Gasteiger partial charge in [-0.2, -0.15) is 0 Å². The number of benzene rings is 2. The molecule has 2 aromatic rings. The van der Waals surface area contributed by atoms with E-state index < -0.39 is 23.7 Å². The number of amides is 2. The van der Waals surface area contributed by atoms with E-state index in [1.54, 1.807) is 6.92 Å². The van der Waals surface area contributed by atoms with E-state index in [9.17, 15) is 18.4 Å². The SMILES string of the molecule is C[C@@H](NC(=O)C(=O)Nc1ccccc1F)c1ccc(F)cc1. The number of anilines is 1. The Hall–Kier alpha value is -2.76. The Morgan fingerprint density at radius 2 is 1.59 bits per heavy atom. The molecule has 0 heterocycles. The summed E-state index contributed by atoms with van der Waals surface area (Å²) in [6.07, 6.45) is 0. The molecule has 0 aromatic heterocycles. The van der Waals surface area contributed by atoms with Crippen LogP contribution in [0.5, 0.6) is 0 Å². The molecule has 2 rings (SSSR count). The van der Waals surface area contributed by atoms with Crippen LogP contribution < -0.4 is 10.6 Å². The quantitative estimate of drug-likeness (QED) is 0.857. The van der Waals surface area contributed by atoms with Gasteiger partial charge in [0.05, 0.1) is 11.7 Å². The fraction of sp³-hybridized carbons (Fsp3) is 0.125. The molecule has 0 aliphatic carbocycles. The Bertz CT molecular complexity index is 687. The summed E-state index contributed by atoms with van der Waals surface area (Å²) in [5.41, 5.74) is 0.575. The van der Waals surface area contributed by atoms with Gasteiger partial charge in [0.2, 0.25) is 0 Å². The first kappa shape index (κ1) is 15.6. The molecule has 0 bridgehead atoms. The van der Waals surface area contributed by atoms with Gasteiger partial charge in [0, 0.05) is 0 Å².